The second-order valence-electron chi connectivity index (χ2n) is 12.3. The molecule has 1 fully saturated rings. The summed E-state index contributed by atoms with van der Waals surface area (Å²) in [6.45, 7) is 1.68. The number of nitrogens with two attached hydrogens (primary N) is 1. The Kier molecular flexibility index (Phi) is 7.33. The van der Waals surface area contributed by atoms with Gasteiger partial charge in [0.2, 0.25) is 5.78 Å². The number of carbonyl (C=O) groups is 3. The van der Waals surface area contributed by atoms with E-state index in [-0.39, 0.29) is 35.6 Å². The highest BCUT2D eigenvalue weighted by atomic mass is 16.3. The second kappa shape index (κ2) is 10.4. The number of phenolic OH excluding ortho intramolecular Hbond substituents is 1. The number of hydrogen-bond acceptors (Lipinski definition) is 11. The van der Waals surface area contributed by atoms with E-state index in [2.05, 4.69) is 11.0 Å². The largest absolute Gasteiger partial charge is 0.510 e. The van der Waals surface area contributed by atoms with Crippen molar-refractivity contribution in [3.63, 3.8) is 0 Å². The first kappa shape index (κ1) is 29.6. The Morgan fingerprint density at radius 3 is 2.36 bits per heavy atom. The minimum atomic E-state index is -2.67. The van der Waals surface area contributed by atoms with Crippen LogP contribution in [0.1, 0.15) is 40.7 Å². The molecule has 1 heterocycles. The summed E-state index contributed by atoms with van der Waals surface area (Å²) >= 11 is 0. The lowest BCUT2D eigenvalue weighted by Crippen LogP contribution is -2.63. The van der Waals surface area contributed by atoms with E-state index in [1.54, 1.807) is 14.1 Å². The molecular formula is C30H37N5O7. The number of aliphatic hydroxyl groups excluding tert-OH is 2. The maximum absolute atomic E-state index is 14.2. The Hall–Kier alpha value is -3.92. The molecule has 5 rings (SSSR count). The number of likely N-dealkylation sites (tertiary alicyclic amines) is 1. The molecule has 0 bridgehead atoms. The molecule has 1 amide bonds. The molecule has 1 aromatic carbocycles. The maximum Gasteiger partial charge on any atom is 0.255 e. The quantitative estimate of drug-likeness (QED) is 0.312. The predicted octanol–water partition coefficient (Wildman–Crippen LogP) is 0.922. The molecule has 0 aromatic heterocycles. The minimum Gasteiger partial charge on any atom is -0.510 e. The van der Waals surface area contributed by atoms with Gasteiger partial charge in [-0.1, -0.05) is 0 Å². The van der Waals surface area contributed by atoms with E-state index >= 15 is 0 Å². The first-order valence-corrected chi connectivity index (χ1v) is 14.1. The number of rotatable bonds is 5. The molecule has 224 valence electrons. The molecule has 1 unspecified atom stereocenters. The number of allylic oxidation sites excluding steroid dienone is 1. The van der Waals surface area contributed by atoms with Crippen LogP contribution in [0.25, 0.3) is 0 Å². The molecule has 12 nitrogen and oxygen atoms in total. The SMILES string of the molecule is CN(C)c1cc(CN2CCC(C#N)CC2)c(O)c2c1C[C@H]1C[C@H]3[C@H](N(C)C)C(O)=C(C(N)=O)C(=O)C3(O)C(O)=C1C2=O. The van der Waals surface area contributed by atoms with Crippen molar-refractivity contribution < 1.29 is 34.8 Å². The van der Waals surface area contributed by atoms with Crippen molar-refractivity contribution in [3.05, 3.63) is 45.4 Å². The highest BCUT2D eigenvalue weighted by Gasteiger charge is 2.63. The zero-order chi connectivity index (χ0) is 30.8. The van der Waals surface area contributed by atoms with Crippen LogP contribution in [-0.2, 0) is 22.6 Å². The van der Waals surface area contributed by atoms with Crippen LogP contribution < -0.4 is 10.6 Å². The van der Waals surface area contributed by atoms with Crippen LogP contribution in [0.2, 0.25) is 0 Å². The Balaban J connectivity index is 1.63. The molecule has 4 atom stereocenters. The fourth-order valence-electron chi connectivity index (χ4n) is 7.33. The van der Waals surface area contributed by atoms with E-state index in [1.807, 2.05) is 25.1 Å². The molecule has 1 aromatic rings. The van der Waals surface area contributed by atoms with E-state index in [1.165, 1.54) is 4.90 Å². The zero-order valence-electron chi connectivity index (χ0n) is 24.2. The van der Waals surface area contributed by atoms with Gasteiger partial charge in [0.15, 0.2) is 11.4 Å². The highest BCUT2D eigenvalue weighted by molar-refractivity contribution is 6.25. The average Bonchev–Trinajstić information content (AvgIpc) is 2.92. The van der Waals surface area contributed by atoms with Crippen molar-refractivity contribution in [1.29, 1.82) is 5.26 Å². The van der Waals surface area contributed by atoms with Crippen molar-refractivity contribution >= 4 is 23.2 Å². The zero-order valence-corrected chi connectivity index (χ0v) is 24.2. The minimum absolute atomic E-state index is 0.00360. The van der Waals surface area contributed by atoms with Crippen LogP contribution in [0.15, 0.2) is 28.7 Å². The van der Waals surface area contributed by atoms with Gasteiger partial charge >= 0.3 is 0 Å². The lowest BCUT2D eigenvalue weighted by Gasteiger charge is -2.50. The van der Waals surface area contributed by atoms with Gasteiger partial charge in [-0.15, -0.1) is 0 Å². The van der Waals surface area contributed by atoms with Crippen LogP contribution in [0.4, 0.5) is 5.69 Å². The molecule has 1 aliphatic heterocycles. The molecule has 4 aliphatic rings. The van der Waals surface area contributed by atoms with E-state index < -0.39 is 58.0 Å². The molecule has 6 N–H and O–H groups in total. The van der Waals surface area contributed by atoms with Gasteiger partial charge in [-0.3, -0.25) is 24.2 Å². The summed E-state index contributed by atoms with van der Waals surface area (Å²) in [6, 6.07) is 3.12. The number of ketones is 2. The first-order valence-electron chi connectivity index (χ1n) is 14.1. The van der Waals surface area contributed by atoms with Crippen molar-refractivity contribution in [2.24, 2.45) is 23.5 Å². The number of fused-ring (bicyclic) bond motifs is 3. The first-order chi connectivity index (χ1) is 19.7. The molecular weight excluding hydrogens is 542 g/mol. The van der Waals surface area contributed by atoms with Crippen LogP contribution in [0, 0.1) is 29.1 Å². The third kappa shape index (κ3) is 4.26. The maximum atomic E-state index is 14.2. The number of aromatic hydroxyl groups is 1. The van der Waals surface area contributed by atoms with E-state index in [4.69, 9.17) is 5.73 Å². The van der Waals surface area contributed by atoms with Crippen LogP contribution in [-0.4, -0.2) is 101 Å². The van der Waals surface area contributed by atoms with Crippen LogP contribution >= 0.6 is 0 Å². The summed E-state index contributed by atoms with van der Waals surface area (Å²) in [4.78, 5) is 45.3. The van der Waals surface area contributed by atoms with Gasteiger partial charge in [-0.25, -0.2) is 0 Å². The number of anilines is 1. The lowest BCUT2D eigenvalue weighted by atomic mass is 9.58. The van der Waals surface area contributed by atoms with Gasteiger partial charge in [0.1, 0.15) is 22.8 Å². The standard InChI is InChI=1S/C30H37N5O7/c1-33(2)19-11-16(13-35-7-5-14(12-31)6-8-35)24(36)21-17(19)9-15-10-18-23(34(3)4)26(38)22(29(32)41)28(40)30(18,42)27(39)20(15)25(21)37/h11,14-15,18,23,36,38-39,42H,5-10,13H2,1-4H3,(H2,32,41)/t15-,18-,23-,30?/m0/s1. The number of likely N-dealkylation sites (N-methyl/N-ethyl adjacent to an activating group) is 1. The third-order valence-corrected chi connectivity index (χ3v) is 9.42. The molecule has 42 heavy (non-hydrogen) atoms. The molecule has 0 saturated carbocycles. The number of Topliss-reactive ketones (excluding diaryl/α,β-unsaturated/α-hetero) is 2. The second-order valence-corrected chi connectivity index (χ2v) is 12.3. The molecule has 12 heteroatoms. The number of piperidine rings is 1. The number of hydrogen-bond donors (Lipinski definition) is 5. The summed E-state index contributed by atoms with van der Waals surface area (Å²) < 4.78 is 0. The average molecular weight is 580 g/mol. The van der Waals surface area contributed by atoms with Crippen molar-refractivity contribution in [3.8, 4) is 11.8 Å². The fourth-order valence-corrected chi connectivity index (χ4v) is 7.33. The molecule has 3 aliphatic carbocycles. The van der Waals surface area contributed by atoms with E-state index in [0.717, 1.165) is 5.69 Å². The molecule has 0 spiro atoms. The number of aliphatic hydroxyl groups is 3. The van der Waals surface area contributed by atoms with Crippen LogP contribution in [0.5, 0.6) is 5.75 Å². The Labute approximate surface area is 243 Å². The Morgan fingerprint density at radius 2 is 1.81 bits per heavy atom. The number of benzene rings is 1. The lowest BCUT2D eigenvalue weighted by molar-refractivity contribution is -0.148. The van der Waals surface area contributed by atoms with E-state index in [0.29, 0.717) is 43.6 Å². The Morgan fingerprint density at radius 1 is 1.17 bits per heavy atom. The Bertz CT molecular complexity index is 1480. The molecule has 1 saturated heterocycles. The van der Waals surface area contributed by atoms with Crippen LogP contribution in [0.3, 0.4) is 0 Å². The molecule has 0 radical (unpaired) electrons. The van der Waals surface area contributed by atoms with Gasteiger partial charge in [-0.2, -0.15) is 5.26 Å². The van der Waals surface area contributed by atoms with E-state index in [9.17, 15) is 40.1 Å². The number of primary amides is 1. The van der Waals surface area contributed by atoms with Gasteiger partial charge in [0.05, 0.1) is 17.7 Å². The highest BCUT2D eigenvalue weighted by Crippen LogP contribution is 2.53. The number of phenols is 1. The summed E-state index contributed by atoms with van der Waals surface area (Å²) in [5, 5.41) is 55.0. The predicted molar refractivity (Wildman–Crippen MR) is 152 cm³/mol. The smallest absolute Gasteiger partial charge is 0.255 e. The van der Waals surface area contributed by atoms with Gasteiger partial charge in [0.25, 0.3) is 5.91 Å². The number of nitrogens with zero attached hydrogens (tertiary/aromatic N) is 4. The third-order valence-electron chi connectivity index (χ3n) is 9.42. The van der Waals surface area contributed by atoms with Crippen molar-refractivity contribution in [2.45, 2.75) is 43.9 Å². The normalized spacial score (nSPS) is 28.4. The number of amides is 1. The van der Waals surface area contributed by atoms with Gasteiger partial charge in [-0.05, 0) is 70.4 Å². The topological polar surface area (TPSA) is 192 Å². The summed E-state index contributed by atoms with van der Waals surface area (Å²) in [5.41, 5.74) is 3.54. The fraction of sp³-hybridized carbons (Fsp3) is 0.533. The summed E-state index contributed by atoms with van der Waals surface area (Å²) in [5.74, 6) is -6.64. The summed E-state index contributed by atoms with van der Waals surface area (Å²) in [7, 11) is 6.86. The van der Waals surface area contributed by atoms with Crippen molar-refractivity contribution in [2.75, 3.05) is 46.2 Å². The monoisotopic (exact) mass is 579 g/mol. The summed E-state index contributed by atoms with van der Waals surface area (Å²) in [6.07, 6.45) is 1.69. The number of carbonyl (C=O) groups excluding carboxylic acids is 3. The number of nitriles is 1. The van der Waals surface area contributed by atoms with Crippen molar-refractivity contribution in [1.82, 2.24) is 9.80 Å². The van der Waals surface area contributed by atoms with Gasteiger partial charge in [0, 0.05) is 49.3 Å². The van der Waals surface area contributed by atoms with Gasteiger partial charge < -0.3 is 31.1 Å².